The number of thioether (sulfide) groups is 1. The van der Waals surface area contributed by atoms with Crippen molar-refractivity contribution in [3.05, 3.63) is 63.5 Å². The van der Waals surface area contributed by atoms with Crippen LogP contribution in [0.5, 0.6) is 11.5 Å². The molecule has 1 heterocycles. The van der Waals surface area contributed by atoms with Crippen molar-refractivity contribution in [1.29, 1.82) is 0 Å². The molecule has 0 bridgehead atoms. The molecule has 150 valence electrons. The number of ether oxygens (including phenoxy) is 2. The summed E-state index contributed by atoms with van der Waals surface area (Å²) in [6, 6.07) is 11.7. The minimum atomic E-state index is -0.707. The quantitative estimate of drug-likeness (QED) is 0.396. The van der Waals surface area contributed by atoms with Gasteiger partial charge in [0.15, 0.2) is 0 Å². The first-order valence-corrected chi connectivity index (χ1v) is 10.1. The summed E-state index contributed by atoms with van der Waals surface area (Å²) in [4.78, 5) is 23.7. The number of amides is 1. The number of hydrogen-bond acceptors (Lipinski definition) is 7. The van der Waals surface area contributed by atoms with Crippen LogP contribution in [-0.2, 0) is 20.7 Å². The number of rotatable bonds is 6. The molecule has 0 saturated carbocycles. The van der Waals surface area contributed by atoms with E-state index in [-0.39, 0.29) is 5.91 Å². The van der Waals surface area contributed by atoms with Gasteiger partial charge in [-0.2, -0.15) is 0 Å². The van der Waals surface area contributed by atoms with E-state index in [1.165, 1.54) is 18.9 Å². The Labute approximate surface area is 182 Å². The highest BCUT2D eigenvalue weighted by Gasteiger charge is 2.22. The number of thiocarbonyl (C=S) groups is 1. The van der Waals surface area contributed by atoms with E-state index in [2.05, 4.69) is 10.1 Å². The van der Waals surface area contributed by atoms with E-state index in [0.717, 1.165) is 5.56 Å². The number of nitrogens with two attached hydrogens (primary N) is 1. The van der Waals surface area contributed by atoms with Crippen LogP contribution in [0.15, 0.2) is 47.4 Å². The van der Waals surface area contributed by atoms with Crippen molar-refractivity contribution < 1.29 is 19.1 Å². The maximum absolute atomic E-state index is 11.8. The fourth-order valence-corrected chi connectivity index (χ4v) is 3.83. The first kappa shape index (κ1) is 21.3. The van der Waals surface area contributed by atoms with E-state index < -0.39 is 12.0 Å². The molecule has 2 aromatic rings. The number of nitrogens with one attached hydrogen (secondary N) is 1. The van der Waals surface area contributed by atoms with Crippen molar-refractivity contribution in [3.63, 3.8) is 0 Å². The highest BCUT2D eigenvalue weighted by atomic mass is 35.5. The zero-order valence-corrected chi connectivity index (χ0v) is 17.7. The van der Waals surface area contributed by atoms with Gasteiger partial charge in [-0.15, -0.1) is 0 Å². The van der Waals surface area contributed by atoms with E-state index in [1.807, 2.05) is 12.1 Å². The van der Waals surface area contributed by atoms with Gasteiger partial charge in [0.25, 0.3) is 5.91 Å². The van der Waals surface area contributed by atoms with E-state index in [1.54, 1.807) is 36.4 Å². The summed E-state index contributed by atoms with van der Waals surface area (Å²) in [7, 11) is 1.31. The summed E-state index contributed by atoms with van der Waals surface area (Å²) in [6.07, 6.45) is 2.06. The Bertz CT molecular complexity index is 992. The van der Waals surface area contributed by atoms with E-state index in [4.69, 9.17) is 34.3 Å². The predicted molar refractivity (Wildman–Crippen MR) is 118 cm³/mol. The highest BCUT2D eigenvalue weighted by Crippen LogP contribution is 2.31. The Morgan fingerprint density at radius 2 is 1.97 bits per heavy atom. The molecule has 1 aliphatic heterocycles. The Hall–Kier alpha value is -2.39. The second-order valence-electron chi connectivity index (χ2n) is 6.12. The molecular weight excluding hydrogens is 432 g/mol. The third-order valence-corrected chi connectivity index (χ3v) is 5.51. The summed E-state index contributed by atoms with van der Waals surface area (Å²) in [5.41, 5.74) is 7.35. The molecule has 3 rings (SSSR count). The molecule has 1 amide bonds. The molecule has 1 atom stereocenters. The molecule has 2 aromatic carbocycles. The monoisotopic (exact) mass is 448 g/mol. The zero-order valence-electron chi connectivity index (χ0n) is 15.3. The SMILES string of the molecule is COC(=O)[C@@H](N)Cc1ccc(Oc2ccc(/C=C3/SC(=S)NC3=O)c(Cl)c2)cc1. The van der Waals surface area contributed by atoms with Crippen LogP contribution in [0.2, 0.25) is 5.02 Å². The van der Waals surface area contributed by atoms with E-state index in [9.17, 15) is 9.59 Å². The third kappa shape index (κ3) is 5.57. The molecule has 0 spiro atoms. The molecule has 0 aromatic heterocycles. The molecule has 6 nitrogen and oxygen atoms in total. The second kappa shape index (κ2) is 9.41. The molecule has 9 heteroatoms. The third-order valence-electron chi connectivity index (χ3n) is 4.02. The van der Waals surface area contributed by atoms with Crippen LogP contribution in [-0.4, -0.2) is 29.3 Å². The van der Waals surface area contributed by atoms with Gasteiger partial charge in [0.05, 0.1) is 17.0 Å². The average Bonchev–Trinajstić information content (AvgIpc) is 3.01. The zero-order chi connectivity index (χ0) is 21.0. The number of hydrogen-bond donors (Lipinski definition) is 2. The van der Waals surface area contributed by atoms with Crippen LogP contribution in [0.4, 0.5) is 0 Å². The molecule has 0 radical (unpaired) electrons. The second-order valence-corrected chi connectivity index (χ2v) is 8.24. The van der Waals surface area contributed by atoms with Gasteiger partial charge in [0.1, 0.15) is 21.9 Å². The molecule has 1 saturated heterocycles. The lowest BCUT2D eigenvalue weighted by atomic mass is 10.1. The summed E-state index contributed by atoms with van der Waals surface area (Å²) < 4.78 is 10.9. The van der Waals surface area contributed by atoms with Crippen LogP contribution >= 0.6 is 35.6 Å². The van der Waals surface area contributed by atoms with Gasteiger partial charge in [0, 0.05) is 0 Å². The number of halogens is 1. The smallest absolute Gasteiger partial charge is 0.322 e. The van der Waals surface area contributed by atoms with Crippen LogP contribution in [0.25, 0.3) is 6.08 Å². The van der Waals surface area contributed by atoms with Gasteiger partial charge in [-0.25, -0.2) is 0 Å². The molecule has 1 fully saturated rings. The maximum Gasteiger partial charge on any atom is 0.322 e. The van der Waals surface area contributed by atoms with Crippen LogP contribution < -0.4 is 15.8 Å². The first-order valence-electron chi connectivity index (χ1n) is 8.50. The number of esters is 1. The Morgan fingerprint density at radius 3 is 2.55 bits per heavy atom. The van der Waals surface area contributed by atoms with Gasteiger partial charge in [-0.3, -0.25) is 9.59 Å². The molecule has 0 aliphatic carbocycles. The number of methoxy groups -OCH3 is 1. The minimum absolute atomic E-state index is 0.233. The molecule has 0 unspecified atom stereocenters. The van der Waals surface area contributed by atoms with Crippen LogP contribution in [0.1, 0.15) is 11.1 Å². The van der Waals surface area contributed by atoms with Crippen molar-refractivity contribution in [2.45, 2.75) is 12.5 Å². The highest BCUT2D eigenvalue weighted by molar-refractivity contribution is 8.26. The van der Waals surface area contributed by atoms with Gasteiger partial charge >= 0.3 is 5.97 Å². The number of carbonyl (C=O) groups is 2. The van der Waals surface area contributed by atoms with Crippen molar-refractivity contribution in [2.75, 3.05) is 7.11 Å². The summed E-state index contributed by atoms with van der Waals surface area (Å²) in [5.74, 6) is 0.475. The Kier molecular flexibility index (Phi) is 6.92. The van der Waals surface area contributed by atoms with Crippen LogP contribution in [0, 0.1) is 0 Å². The standard InChI is InChI=1S/C20H17ClN2O4S2/c1-26-19(25)16(22)8-11-2-5-13(6-3-11)27-14-7-4-12(15(21)10-14)9-17-18(24)23-20(28)29-17/h2-7,9-10,16H,8,22H2,1H3,(H,23,24,28)/b17-9+/t16-/m0/s1. The normalized spacial score (nSPS) is 15.9. The summed E-state index contributed by atoms with van der Waals surface area (Å²) in [5, 5.41) is 3.01. The minimum Gasteiger partial charge on any atom is -0.468 e. The summed E-state index contributed by atoms with van der Waals surface area (Å²) >= 11 is 12.5. The first-order chi connectivity index (χ1) is 13.9. The van der Waals surface area contributed by atoms with E-state index >= 15 is 0 Å². The lowest BCUT2D eigenvalue weighted by molar-refractivity contribution is -0.142. The Morgan fingerprint density at radius 1 is 1.28 bits per heavy atom. The average molecular weight is 449 g/mol. The molecule has 3 N–H and O–H groups in total. The van der Waals surface area contributed by atoms with Gasteiger partial charge in [-0.1, -0.05) is 47.7 Å². The van der Waals surface area contributed by atoms with Gasteiger partial charge in [0.2, 0.25) is 0 Å². The topological polar surface area (TPSA) is 90.7 Å². The van der Waals surface area contributed by atoms with Gasteiger partial charge < -0.3 is 20.5 Å². The van der Waals surface area contributed by atoms with Crippen molar-refractivity contribution in [2.24, 2.45) is 5.73 Å². The number of carbonyl (C=O) groups excluding carboxylic acids is 2. The summed E-state index contributed by atoms with van der Waals surface area (Å²) in [6.45, 7) is 0. The lowest BCUT2D eigenvalue weighted by Crippen LogP contribution is -2.33. The Balaban J connectivity index is 1.67. The fourth-order valence-electron chi connectivity index (χ4n) is 2.57. The fraction of sp³-hybridized carbons (Fsp3) is 0.150. The lowest BCUT2D eigenvalue weighted by Gasteiger charge is -2.11. The molecule has 29 heavy (non-hydrogen) atoms. The van der Waals surface area contributed by atoms with Crippen LogP contribution in [0.3, 0.4) is 0 Å². The van der Waals surface area contributed by atoms with Crippen molar-refractivity contribution in [3.8, 4) is 11.5 Å². The maximum atomic E-state index is 11.8. The van der Waals surface area contributed by atoms with Crippen molar-refractivity contribution >= 4 is 57.9 Å². The van der Waals surface area contributed by atoms with Gasteiger partial charge in [-0.05, 0) is 54.0 Å². The largest absolute Gasteiger partial charge is 0.468 e. The van der Waals surface area contributed by atoms with E-state index in [0.29, 0.717) is 37.7 Å². The molecule has 1 aliphatic rings. The van der Waals surface area contributed by atoms with Crippen molar-refractivity contribution in [1.82, 2.24) is 5.32 Å². The number of benzene rings is 2. The predicted octanol–water partition coefficient (Wildman–Crippen LogP) is 3.66. The molecular formula is C20H17ClN2O4S2.